The molecular formula is C18H22ClN5OS. The van der Waals surface area contributed by atoms with E-state index in [1.165, 1.54) is 11.3 Å². The van der Waals surface area contributed by atoms with Crippen LogP contribution in [0.2, 0.25) is 5.02 Å². The van der Waals surface area contributed by atoms with E-state index >= 15 is 0 Å². The molecule has 0 bridgehead atoms. The van der Waals surface area contributed by atoms with Gasteiger partial charge in [0.05, 0.1) is 27.8 Å². The van der Waals surface area contributed by atoms with Crippen molar-refractivity contribution in [3.05, 3.63) is 50.1 Å². The molecule has 0 aromatic carbocycles. The van der Waals surface area contributed by atoms with E-state index in [2.05, 4.69) is 22.4 Å². The van der Waals surface area contributed by atoms with Gasteiger partial charge >= 0.3 is 0 Å². The van der Waals surface area contributed by atoms with E-state index < -0.39 is 0 Å². The van der Waals surface area contributed by atoms with Gasteiger partial charge in [-0.05, 0) is 44.2 Å². The van der Waals surface area contributed by atoms with Gasteiger partial charge in [0, 0.05) is 18.3 Å². The Morgan fingerprint density at radius 1 is 1.23 bits per heavy atom. The summed E-state index contributed by atoms with van der Waals surface area (Å²) in [5, 5.41) is 14.4. The molecular weight excluding hydrogens is 370 g/mol. The van der Waals surface area contributed by atoms with Crippen LogP contribution in [0, 0.1) is 20.8 Å². The van der Waals surface area contributed by atoms with Crippen LogP contribution in [0.15, 0.2) is 17.5 Å². The van der Waals surface area contributed by atoms with Crippen molar-refractivity contribution >= 4 is 34.7 Å². The zero-order valence-electron chi connectivity index (χ0n) is 15.3. The fourth-order valence-electron chi connectivity index (χ4n) is 2.77. The van der Waals surface area contributed by atoms with Gasteiger partial charge < -0.3 is 5.32 Å². The van der Waals surface area contributed by atoms with E-state index in [1.54, 1.807) is 0 Å². The number of aryl methyl sites for hydroxylation is 3. The van der Waals surface area contributed by atoms with Crippen molar-refractivity contribution in [3.8, 4) is 0 Å². The van der Waals surface area contributed by atoms with Crippen molar-refractivity contribution in [3.63, 3.8) is 0 Å². The highest BCUT2D eigenvalue weighted by molar-refractivity contribution is 7.12. The van der Waals surface area contributed by atoms with Gasteiger partial charge in [-0.2, -0.15) is 10.2 Å². The average molecular weight is 392 g/mol. The highest BCUT2D eigenvalue weighted by atomic mass is 35.5. The van der Waals surface area contributed by atoms with E-state index in [-0.39, 0.29) is 5.91 Å². The Hall–Kier alpha value is -2.12. The lowest BCUT2D eigenvalue weighted by Gasteiger charge is -2.02. The maximum absolute atomic E-state index is 12.5. The molecule has 0 aliphatic carbocycles. The summed E-state index contributed by atoms with van der Waals surface area (Å²) in [6, 6.07) is 3.78. The first-order valence-corrected chi connectivity index (χ1v) is 9.77. The normalized spacial score (nSPS) is 11.1. The predicted octanol–water partition coefficient (Wildman–Crippen LogP) is 4.43. The third-order valence-electron chi connectivity index (χ3n) is 4.16. The molecule has 8 heteroatoms. The summed E-state index contributed by atoms with van der Waals surface area (Å²) in [5.41, 5.74) is 3.80. The maximum Gasteiger partial charge on any atom is 0.266 e. The minimum atomic E-state index is -0.145. The second kappa shape index (κ2) is 7.63. The van der Waals surface area contributed by atoms with Gasteiger partial charge in [-0.25, -0.2) is 0 Å². The third-order valence-corrected chi connectivity index (χ3v) is 5.69. The molecule has 138 valence electrons. The maximum atomic E-state index is 12.5. The number of aromatic nitrogens is 4. The van der Waals surface area contributed by atoms with Crippen molar-refractivity contribution in [2.75, 3.05) is 5.32 Å². The van der Waals surface area contributed by atoms with E-state index in [0.717, 1.165) is 35.6 Å². The van der Waals surface area contributed by atoms with Crippen LogP contribution in [0.1, 0.15) is 45.7 Å². The van der Waals surface area contributed by atoms with Crippen molar-refractivity contribution in [1.29, 1.82) is 0 Å². The van der Waals surface area contributed by atoms with Gasteiger partial charge in [0.15, 0.2) is 5.82 Å². The highest BCUT2D eigenvalue weighted by Crippen LogP contribution is 2.22. The Morgan fingerprint density at radius 2 is 2.00 bits per heavy atom. The first-order valence-electron chi connectivity index (χ1n) is 8.51. The number of thiophene rings is 1. The molecule has 0 atom stereocenters. The number of hydrogen-bond donors (Lipinski definition) is 1. The van der Waals surface area contributed by atoms with Crippen molar-refractivity contribution in [2.45, 2.75) is 47.2 Å². The lowest BCUT2D eigenvalue weighted by Crippen LogP contribution is -2.11. The Labute approximate surface area is 161 Å². The van der Waals surface area contributed by atoms with Crippen LogP contribution >= 0.6 is 22.9 Å². The largest absolute Gasteiger partial charge is 0.304 e. The molecule has 3 rings (SSSR count). The number of rotatable bonds is 6. The third kappa shape index (κ3) is 3.83. The van der Waals surface area contributed by atoms with Crippen LogP contribution in [-0.2, 0) is 13.1 Å². The number of hydrogen-bond acceptors (Lipinski definition) is 4. The summed E-state index contributed by atoms with van der Waals surface area (Å²) in [5.74, 6) is 0.440. The van der Waals surface area contributed by atoms with E-state index in [0.29, 0.717) is 22.3 Å². The fourth-order valence-corrected chi connectivity index (χ4v) is 3.70. The summed E-state index contributed by atoms with van der Waals surface area (Å²) in [6.07, 6.45) is 1.00. The number of carbonyl (C=O) groups is 1. The SMILES string of the molecule is CCCn1nc(NC(=O)c2cc(Cn3nc(C)c(Cl)c3C)cs2)cc1C. The number of amides is 1. The first kappa shape index (κ1) is 18.7. The second-order valence-corrected chi connectivity index (χ2v) is 7.60. The van der Waals surface area contributed by atoms with Crippen molar-refractivity contribution < 1.29 is 4.79 Å². The van der Waals surface area contributed by atoms with Crippen LogP contribution in [0.4, 0.5) is 5.82 Å². The Kier molecular flexibility index (Phi) is 5.48. The monoisotopic (exact) mass is 391 g/mol. The molecule has 26 heavy (non-hydrogen) atoms. The molecule has 3 aromatic rings. The summed E-state index contributed by atoms with van der Waals surface area (Å²) < 4.78 is 3.76. The molecule has 0 fully saturated rings. The molecule has 0 radical (unpaired) electrons. The van der Waals surface area contributed by atoms with Gasteiger partial charge in [-0.3, -0.25) is 14.2 Å². The van der Waals surface area contributed by atoms with Gasteiger partial charge in [0.1, 0.15) is 0 Å². The summed E-state index contributed by atoms with van der Waals surface area (Å²) in [6.45, 7) is 9.35. The number of nitrogens with zero attached hydrogens (tertiary/aromatic N) is 4. The Bertz CT molecular complexity index is 940. The molecule has 3 heterocycles. The van der Waals surface area contributed by atoms with Gasteiger partial charge in [-0.1, -0.05) is 18.5 Å². The van der Waals surface area contributed by atoms with Crippen LogP contribution < -0.4 is 5.32 Å². The van der Waals surface area contributed by atoms with Gasteiger partial charge in [0.25, 0.3) is 5.91 Å². The molecule has 1 N–H and O–H groups in total. The van der Waals surface area contributed by atoms with Crippen LogP contribution in [0.5, 0.6) is 0 Å². The zero-order chi connectivity index (χ0) is 18.8. The van der Waals surface area contributed by atoms with Crippen molar-refractivity contribution in [2.24, 2.45) is 0 Å². The van der Waals surface area contributed by atoms with Crippen molar-refractivity contribution in [1.82, 2.24) is 19.6 Å². The summed E-state index contributed by atoms with van der Waals surface area (Å²) in [4.78, 5) is 13.1. The number of carbonyl (C=O) groups excluding carboxylic acids is 1. The second-order valence-electron chi connectivity index (χ2n) is 6.31. The van der Waals surface area contributed by atoms with Crippen LogP contribution in [-0.4, -0.2) is 25.5 Å². The topological polar surface area (TPSA) is 64.7 Å². The van der Waals surface area contributed by atoms with Gasteiger partial charge in [-0.15, -0.1) is 11.3 Å². The van der Waals surface area contributed by atoms with Crippen LogP contribution in [0.3, 0.4) is 0 Å². The van der Waals surface area contributed by atoms with E-state index in [1.807, 2.05) is 47.6 Å². The molecule has 0 saturated heterocycles. The molecule has 0 spiro atoms. The fraction of sp³-hybridized carbons (Fsp3) is 0.389. The standard InChI is InChI=1S/C18H22ClN5OS/c1-5-6-23-11(2)7-16(22-23)20-18(25)15-8-14(10-26-15)9-24-13(4)17(19)12(3)21-24/h7-8,10H,5-6,9H2,1-4H3,(H,20,22,25). The molecule has 0 unspecified atom stereocenters. The lowest BCUT2D eigenvalue weighted by molar-refractivity contribution is 0.103. The molecule has 3 aromatic heterocycles. The summed E-state index contributed by atoms with van der Waals surface area (Å²) >= 11 is 7.61. The quantitative estimate of drug-likeness (QED) is 0.675. The molecule has 0 aliphatic rings. The number of nitrogens with one attached hydrogen (secondary N) is 1. The lowest BCUT2D eigenvalue weighted by atomic mass is 10.3. The Morgan fingerprint density at radius 3 is 2.65 bits per heavy atom. The van der Waals surface area contributed by atoms with E-state index in [4.69, 9.17) is 11.6 Å². The highest BCUT2D eigenvalue weighted by Gasteiger charge is 2.14. The minimum Gasteiger partial charge on any atom is -0.304 e. The smallest absolute Gasteiger partial charge is 0.266 e. The summed E-state index contributed by atoms with van der Waals surface area (Å²) in [7, 11) is 0. The predicted molar refractivity (Wildman–Crippen MR) is 105 cm³/mol. The molecule has 1 amide bonds. The molecule has 0 saturated carbocycles. The molecule has 6 nitrogen and oxygen atoms in total. The van der Waals surface area contributed by atoms with Crippen LogP contribution in [0.25, 0.3) is 0 Å². The van der Waals surface area contributed by atoms with Gasteiger partial charge in [0.2, 0.25) is 0 Å². The minimum absolute atomic E-state index is 0.145. The zero-order valence-corrected chi connectivity index (χ0v) is 16.9. The molecule has 0 aliphatic heterocycles. The average Bonchev–Trinajstić information content (AvgIpc) is 3.25. The number of anilines is 1. The number of halogens is 1. The first-order chi connectivity index (χ1) is 12.4. The Balaban J connectivity index is 1.69. The van der Waals surface area contributed by atoms with E-state index in [9.17, 15) is 4.79 Å².